The van der Waals surface area contributed by atoms with E-state index in [9.17, 15) is 23.2 Å². The van der Waals surface area contributed by atoms with Gasteiger partial charge in [0.1, 0.15) is 23.7 Å². The van der Waals surface area contributed by atoms with Crippen LogP contribution in [-0.4, -0.2) is 47.8 Å². The van der Waals surface area contributed by atoms with Gasteiger partial charge in [0.2, 0.25) is 17.7 Å². The number of likely N-dealkylation sites (tertiary alicyclic amines) is 1. The average molecular weight is 367 g/mol. The van der Waals surface area contributed by atoms with Crippen molar-refractivity contribution in [2.75, 3.05) is 13.1 Å². The molecule has 1 heterocycles. The van der Waals surface area contributed by atoms with Crippen LogP contribution in [0.1, 0.15) is 32.3 Å². The molecule has 142 valence electrons. The van der Waals surface area contributed by atoms with Gasteiger partial charge in [-0.3, -0.25) is 14.4 Å². The molecule has 0 unspecified atom stereocenters. The Bertz CT molecular complexity index is 670. The van der Waals surface area contributed by atoms with Crippen LogP contribution in [0.2, 0.25) is 0 Å². The highest BCUT2D eigenvalue weighted by molar-refractivity contribution is 5.92. The van der Waals surface area contributed by atoms with Crippen LogP contribution < -0.4 is 10.6 Å². The molecular formula is C18H23F2N3O3. The van der Waals surface area contributed by atoms with E-state index in [2.05, 4.69) is 10.6 Å². The molecule has 8 heteroatoms. The number of halogens is 2. The van der Waals surface area contributed by atoms with Crippen LogP contribution >= 0.6 is 0 Å². The summed E-state index contributed by atoms with van der Waals surface area (Å²) >= 11 is 0. The Morgan fingerprint density at radius 2 is 1.58 bits per heavy atom. The molecule has 0 spiro atoms. The fraction of sp³-hybridized carbons (Fsp3) is 0.500. The molecule has 0 saturated carbocycles. The van der Waals surface area contributed by atoms with E-state index in [1.165, 1.54) is 6.92 Å². The quantitative estimate of drug-likeness (QED) is 0.791. The van der Waals surface area contributed by atoms with Gasteiger partial charge in [-0.25, -0.2) is 8.78 Å². The summed E-state index contributed by atoms with van der Waals surface area (Å²) in [7, 11) is 0. The maximum absolute atomic E-state index is 13.1. The number of nitrogens with zero attached hydrogens (tertiary/aromatic N) is 1. The summed E-state index contributed by atoms with van der Waals surface area (Å²) in [5.41, 5.74) is 0.171. The summed E-state index contributed by atoms with van der Waals surface area (Å²) in [5.74, 6) is -2.73. The number of carbonyl (C=O) groups excluding carboxylic acids is 3. The molecule has 1 fully saturated rings. The van der Waals surface area contributed by atoms with Crippen LogP contribution in [0.5, 0.6) is 0 Å². The maximum atomic E-state index is 13.1. The normalized spacial score (nSPS) is 16.1. The van der Waals surface area contributed by atoms with Crippen molar-refractivity contribution in [3.05, 3.63) is 35.4 Å². The van der Waals surface area contributed by atoms with Crippen molar-refractivity contribution in [2.24, 2.45) is 0 Å². The molecule has 3 amide bonds. The van der Waals surface area contributed by atoms with Gasteiger partial charge in [0.25, 0.3) is 0 Å². The van der Waals surface area contributed by atoms with Crippen LogP contribution in [0.3, 0.4) is 0 Å². The Morgan fingerprint density at radius 1 is 1.00 bits per heavy atom. The van der Waals surface area contributed by atoms with Crippen molar-refractivity contribution in [1.82, 2.24) is 15.5 Å². The van der Waals surface area contributed by atoms with Gasteiger partial charge in [-0.15, -0.1) is 0 Å². The van der Waals surface area contributed by atoms with Crippen LogP contribution in [0.15, 0.2) is 18.2 Å². The van der Waals surface area contributed by atoms with Gasteiger partial charge in [0, 0.05) is 19.2 Å². The SMILES string of the molecule is C[C@H](NC(=O)Cc1cc(F)cc(F)c1)C(=O)N[C@@H](C)C(=O)N1CCCC1. The lowest BCUT2D eigenvalue weighted by atomic mass is 10.1. The van der Waals surface area contributed by atoms with E-state index >= 15 is 0 Å². The Kier molecular flexibility index (Phi) is 6.65. The summed E-state index contributed by atoms with van der Waals surface area (Å²) in [6.45, 7) is 4.46. The molecule has 1 aromatic rings. The molecule has 1 aliphatic rings. The summed E-state index contributed by atoms with van der Waals surface area (Å²) in [5, 5.41) is 5.04. The fourth-order valence-corrected chi connectivity index (χ4v) is 2.87. The number of carbonyl (C=O) groups is 3. The second-order valence-corrected chi connectivity index (χ2v) is 6.51. The van der Waals surface area contributed by atoms with Crippen LogP contribution in [0, 0.1) is 11.6 Å². The first-order chi connectivity index (χ1) is 12.3. The topological polar surface area (TPSA) is 78.5 Å². The first kappa shape index (κ1) is 19.8. The smallest absolute Gasteiger partial charge is 0.244 e. The predicted molar refractivity (Wildman–Crippen MR) is 91.1 cm³/mol. The molecule has 2 rings (SSSR count). The minimum atomic E-state index is -0.880. The largest absolute Gasteiger partial charge is 0.344 e. The molecule has 1 aromatic carbocycles. The van der Waals surface area contributed by atoms with Crippen molar-refractivity contribution in [3.63, 3.8) is 0 Å². The number of hydrogen-bond acceptors (Lipinski definition) is 3. The van der Waals surface area contributed by atoms with Gasteiger partial charge in [-0.05, 0) is 44.4 Å². The van der Waals surface area contributed by atoms with E-state index in [1.807, 2.05) is 0 Å². The van der Waals surface area contributed by atoms with Gasteiger partial charge >= 0.3 is 0 Å². The van der Waals surface area contributed by atoms with Crippen LogP contribution in [0.4, 0.5) is 8.78 Å². The fourth-order valence-electron chi connectivity index (χ4n) is 2.87. The van der Waals surface area contributed by atoms with Crippen molar-refractivity contribution >= 4 is 17.7 Å². The highest BCUT2D eigenvalue weighted by Crippen LogP contribution is 2.10. The second kappa shape index (κ2) is 8.73. The van der Waals surface area contributed by atoms with Gasteiger partial charge in [0.05, 0.1) is 6.42 Å². The van der Waals surface area contributed by atoms with E-state index < -0.39 is 35.5 Å². The minimum absolute atomic E-state index is 0.149. The lowest BCUT2D eigenvalue weighted by molar-refractivity contribution is -0.136. The predicted octanol–water partition coefficient (Wildman–Crippen LogP) is 1.14. The zero-order valence-electron chi connectivity index (χ0n) is 14.9. The van der Waals surface area contributed by atoms with Crippen molar-refractivity contribution in [1.29, 1.82) is 0 Å². The lowest BCUT2D eigenvalue weighted by Crippen LogP contribution is -2.52. The third kappa shape index (κ3) is 5.50. The second-order valence-electron chi connectivity index (χ2n) is 6.51. The maximum Gasteiger partial charge on any atom is 0.244 e. The molecule has 1 saturated heterocycles. The molecule has 0 radical (unpaired) electrons. The number of rotatable bonds is 6. The van der Waals surface area contributed by atoms with E-state index in [0.29, 0.717) is 13.1 Å². The lowest BCUT2D eigenvalue weighted by Gasteiger charge is -2.22. The van der Waals surface area contributed by atoms with Crippen molar-refractivity contribution in [2.45, 2.75) is 45.2 Å². The summed E-state index contributed by atoms with van der Waals surface area (Å²) in [6, 6.07) is 1.27. The Morgan fingerprint density at radius 3 is 2.15 bits per heavy atom. The number of amides is 3. The van der Waals surface area contributed by atoms with Gasteiger partial charge in [0.15, 0.2) is 0 Å². The summed E-state index contributed by atoms with van der Waals surface area (Å²) in [4.78, 5) is 38.0. The number of benzene rings is 1. The molecule has 1 aliphatic heterocycles. The third-order valence-electron chi connectivity index (χ3n) is 4.20. The zero-order valence-corrected chi connectivity index (χ0v) is 14.9. The first-order valence-corrected chi connectivity index (χ1v) is 8.59. The van der Waals surface area contributed by atoms with Gasteiger partial charge < -0.3 is 15.5 Å². The summed E-state index contributed by atoms with van der Waals surface area (Å²) < 4.78 is 26.3. The van der Waals surface area contributed by atoms with Crippen LogP contribution in [-0.2, 0) is 20.8 Å². The zero-order chi connectivity index (χ0) is 19.3. The molecule has 0 bridgehead atoms. The third-order valence-corrected chi connectivity index (χ3v) is 4.20. The molecular weight excluding hydrogens is 344 g/mol. The number of hydrogen-bond donors (Lipinski definition) is 2. The molecule has 2 atom stereocenters. The summed E-state index contributed by atoms with van der Waals surface area (Å²) in [6.07, 6.45) is 1.66. The van der Waals surface area contributed by atoms with Gasteiger partial charge in [-0.2, -0.15) is 0 Å². The average Bonchev–Trinajstić information content (AvgIpc) is 3.06. The van der Waals surface area contributed by atoms with Gasteiger partial charge in [-0.1, -0.05) is 0 Å². The molecule has 26 heavy (non-hydrogen) atoms. The Hall–Kier alpha value is -2.51. The first-order valence-electron chi connectivity index (χ1n) is 8.59. The van der Waals surface area contributed by atoms with E-state index in [0.717, 1.165) is 31.0 Å². The van der Waals surface area contributed by atoms with Crippen molar-refractivity contribution in [3.8, 4) is 0 Å². The van der Waals surface area contributed by atoms with E-state index in [1.54, 1.807) is 11.8 Å². The van der Waals surface area contributed by atoms with Crippen molar-refractivity contribution < 1.29 is 23.2 Å². The molecule has 0 aliphatic carbocycles. The van der Waals surface area contributed by atoms with E-state index in [-0.39, 0.29) is 17.9 Å². The Labute approximate surface area is 150 Å². The highest BCUT2D eigenvalue weighted by Gasteiger charge is 2.26. The number of nitrogens with one attached hydrogen (secondary N) is 2. The Balaban J connectivity index is 1.83. The minimum Gasteiger partial charge on any atom is -0.344 e. The monoisotopic (exact) mass is 367 g/mol. The molecule has 2 N–H and O–H groups in total. The van der Waals surface area contributed by atoms with Crippen LogP contribution in [0.25, 0.3) is 0 Å². The van der Waals surface area contributed by atoms with E-state index in [4.69, 9.17) is 0 Å². The molecule has 6 nitrogen and oxygen atoms in total. The standard InChI is InChI=1S/C18H23F2N3O3/c1-11(17(25)22-12(2)18(26)23-5-3-4-6-23)21-16(24)9-13-7-14(19)10-15(20)8-13/h7-8,10-12H,3-6,9H2,1-2H3,(H,21,24)(H,22,25)/t11-,12-/m0/s1. The highest BCUT2D eigenvalue weighted by atomic mass is 19.1. The molecule has 0 aromatic heterocycles.